The zero-order valence-electron chi connectivity index (χ0n) is 15.6. The molecule has 0 bridgehead atoms. The van der Waals surface area contributed by atoms with Gasteiger partial charge in [0, 0.05) is 32.2 Å². The second-order valence-corrected chi connectivity index (χ2v) is 9.23. The van der Waals surface area contributed by atoms with Gasteiger partial charge in [0.05, 0.1) is 12.0 Å². The molecule has 1 aliphatic carbocycles. The lowest BCUT2D eigenvalue weighted by atomic mass is 9.94. The number of ether oxygens (including phenoxy) is 1. The molecule has 0 spiro atoms. The maximum atomic E-state index is 13.1. The number of rotatable bonds is 4. The topological polar surface area (TPSA) is 49.9 Å². The first kappa shape index (κ1) is 18.7. The Balaban J connectivity index is 1.73. The van der Waals surface area contributed by atoms with E-state index in [4.69, 9.17) is 4.74 Å². The molecule has 1 saturated carbocycles. The molecule has 2 aliphatic rings. The van der Waals surface area contributed by atoms with E-state index in [-0.39, 0.29) is 0 Å². The Bertz CT molecular complexity index is 704. The molecule has 140 valence electrons. The second-order valence-electron chi connectivity index (χ2n) is 7.32. The first-order valence-corrected chi connectivity index (χ1v) is 10.8. The van der Waals surface area contributed by atoms with Crippen LogP contribution in [0.1, 0.15) is 43.2 Å². The van der Waals surface area contributed by atoms with E-state index in [1.54, 1.807) is 17.5 Å². The van der Waals surface area contributed by atoms with Crippen LogP contribution in [-0.2, 0) is 10.0 Å². The minimum atomic E-state index is -3.44. The Morgan fingerprint density at radius 3 is 2.20 bits per heavy atom. The molecule has 0 aromatic heterocycles. The Labute approximate surface area is 152 Å². The average Bonchev–Trinajstić information content (AvgIpc) is 2.64. The molecule has 1 heterocycles. The fourth-order valence-corrected chi connectivity index (χ4v) is 5.87. The van der Waals surface area contributed by atoms with E-state index >= 15 is 0 Å². The lowest BCUT2D eigenvalue weighted by Crippen LogP contribution is -2.52. The number of aryl methyl sites for hydroxylation is 2. The first-order valence-electron chi connectivity index (χ1n) is 9.33. The summed E-state index contributed by atoms with van der Waals surface area (Å²) in [5.41, 5.74) is 1.60. The van der Waals surface area contributed by atoms with Gasteiger partial charge in [0.15, 0.2) is 0 Å². The largest absolute Gasteiger partial charge is 0.496 e. The summed E-state index contributed by atoms with van der Waals surface area (Å²) in [7, 11) is -1.83. The van der Waals surface area contributed by atoms with Crippen LogP contribution in [0.4, 0.5) is 0 Å². The Morgan fingerprint density at radius 1 is 0.960 bits per heavy atom. The van der Waals surface area contributed by atoms with E-state index in [1.165, 1.54) is 32.1 Å². The average molecular weight is 367 g/mol. The highest BCUT2D eigenvalue weighted by atomic mass is 32.2. The standard InChI is InChI=1S/C19H30N2O3S/c1-15-14-19(16(2)13-18(15)24-3)25(22,23)21-11-9-20(10-12-21)17-7-5-4-6-8-17/h13-14,17H,4-12H2,1-3H3. The van der Waals surface area contributed by atoms with Gasteiger partial charge in [-0.15, -0.1) is 0 Å². The van der Waals surface area contributed by atoms with Crippen LogP contribution in [0.25, 0.3) is 0 Å². The number of benzene rings is 1. The summed E-state index contributed by atoms with van der Waals surface area (Å²) in [6.45, 7) is 6.59. The summed E-state index contributed by atoms with van der Waals surface area (Å²) in [4.78, 5) is 2.91. The summed E-state index contributed by atoms with van der Waals surface area (Å²) in [6, 6.07) is 4.22. The third kappa shape index (κ3) is 3.86. The van der Waals surface area contributed by atoms with Gasteiger partial charge in [0.2, 0.25) is 10.0 Å². The molecule has 0 unspecified atom stereocenters. The summed E-state index contributed by atoms with van der Waals surface area (Å²) in [6.07, 6.45) is 6.51. The molecule has 1 aromatic rings. The Hall–Kier alpha value is -1.11. The predicted octanol–water partition coefficient (Wildman–Crippen LogP) is 2.95. The van der Waals surface area contributed by atoms with Gasteiger partial charge < -0.3 is 4.74 Å². The van der Waals surface area contributed by atoms with Crippen molar-refractivity contribution in [1.82, 2.24) is 9.21 Å². The summed E-state index contributed by atoms with van der Waals surface area (Å²) in [5.74, 6) is 0.735. The third-order valence-electron chi connectivity index (χ3n) is 5.67. The van der Waals surface area contributed by atoms with Gasteiger partial charge in [0.1, 0.15) is 5.75 Å². The van der Waals surface area contributed by atoms with Crippen molar-refractivity contribution in [2.24, 2.45) is 0 Å². The van der Waals surface area contributed by atoms with E-state index in [1.807, 2.05) is 19.9 Å². The minimum absolute atomic E-state index is 0.414. The number of hydrogen-bond donors (Lipinski definition) is 0. The van der Waals surface area contributed by atoms with E-state index in [9.17, 15) is 8.42 Å². The summed E-state index contributed by atoms with van der Waals surface area (Å²) < 4.78 is 33.2. The van der Waals surface area contributed by atoms with Crippen LogP contribution in [-0.4, -0.2) is 57.0 Å². The van der Waals surface area contributed by atoms with Crippen molar-refractivity contribution in [2.75, 3.05) is 33.3 Å². The molecule has 25 heavy (non-hydrogen) atoms. The van der Waals surface area contributed by atoms with Crippen LogP contribution >= 0.6 is 0 Å². The van der Waals surface area contributed by atoms with Crippen LogP contribution in [0.5, 0.6) is 5.75 Å². The smallest absolute Gasteiger partial charge is 0.243 e. The van der Waals surface area contributed by atoms with Crippen molar-refractivity contribution in [3.8, 4) is 5.75 Å². The molecule has 5 nitrogen and oxygen atoms in total. The SMILES string of the molecule is COc1cc(C)c(S(=O)(=O)N2CCN(C3CCCCC3)CC2)cc1C. The molecule has 1 saturated heterocycles. The molecular formula is C19H30N2O3S. The Morgan fingerprint density at radius 2 is 1.60 bits per heavy atom. The van der Waals surface area contributed by atoms with Gasteiger partial charge in [-0.05, 0) is 49.9 Å². The van der Waals surface area contributed by atoms with Gasteiger partial charge in [-0.3, -0.25) is 4.90 Å². The normalized spacial score (nSPS) is 21.4. The van der Waals surface area contributed by atoms with Crippen LogP contribution in [0, 0.1) is 13.8 Å². The predicted molar refractivity (Wildman–Crippen MR) is 99.7 cm³/mol. The number of sulfonamides is 1. The van der Waals surface area contributed by atoms with Crippen molar-refractivity contribution in [2.45, 2.75) is 56.9 Å². The van der Waals surface area contributed by atoms with E-state index in [2.05, 4.69) is 4.90 Å². The zero-order valence-corrected chi connectivity index (χ0v) is 16.4. The maximum Gasteiger partial charge on any atom is 0.243 e. The molecule has 0 radical (unpaired) electrons. The molecule has 1 aliphatic heterocycles. The molecule has 0 N–H and O–H groups in total. The number of piperazine rings is 1. The van der Waals surface area contributed by atoms with Crippen molar-refractivity contribution in [3.63, 3.8) is 0 Å². The fourth-order valence-electron chi connectivity index (χ4n) is 4.16. The van der Waals surface area contributed by atoms with Gasteiger partial charge in [-0.1, -0.05) is 19.3 Å². The molecule has 2 fully saturated rings. The molecular weight excluding hydrogens is 336 g/mol. The first-order chi connectivity index (χ1) is 11.9. The summed E-state index contributed by atoms with van der Waals surface area (Å²) >= 11 is 0. The molecule has 0 atom stereocenters. The van der Waals surface area contributed by atoms with Crippen molar-refractivity contribution in [3.05, 3.63) is 23.3 Å². The lowest BCUT2D eigenvalue weighted by Gasteiger charge is -2.40. The van der Waals surface area contributed by atoms with E-state index in [0.29, 0.717) is 24.0 Å². The maximum absolute atomic E-state index is 13.1. The van der Waals surface area contributed by atoms with Gasteiger partial charge in [-0.25, -0.2) is 8.42 Å². The van der Waals surface area contributed by atoms with Gasteiger partial charge in [0.25, 0.3) is 0 Å². The Kier molecular flexibility index (Phi) is 5.71. The molecule has 0 amide bonds. The van der Waals surface area contributed by atoms with Gasteiger partial charge >= 0.3 is 0 Å². The van der Waals surface area contributed by atoms with Gasteiger partial charge in [-0.2, -0.15) is 4.31 Å². The third-order valence-corrected chi connectivity index (χ3v) is 7.72. The summed E-state index contributed by atoms with van der Waals surface area (Å²) in [5, 5.41) is 0. The van der Waals surface area contributed by atoms with Crippen molar-refractivity contribution < 1.29 is 13.2 Å². The number of nitrogens with zero attached hydrogens (tertiary/aromatic N) is 2. The highest BCUT2D eigenvalue weighted by Crippen LogP contribution is 2.29. The minimum Gasteiger partial charge on any atom is -0.496 e. The zero-order chi connectivity index (χ0) is 18.0. The van der Waals surface area contributed by atoms with Crippen LogP contribution in [0.2, 0.25) is 0 Å². The highest BCUT2D eigenvalue weighted by molar-refractivity contribution is 7.89. The van der Waals surface area contributed by atoms with Crippen LogP contribution < -0.4 is 4.74 Å². The fraction of sp³-hybridized carbons (Fsp3) is 0.684. The highest BCUT2D eigenvalue weighted by Gasteiger charge is 2.32. The molecule has 6 heteroatoms. The van der Waals surface area contributed by atoms with E-state index in [0.717, 1.165) is 30.0 Å². The molecule has 1 aromatic carbocycles. The number of methoxy groups -OCH3 is 1. The van der Waals surface area contributed by atoms with Crippen molar-refractivity contribution in [1.29, 1.82) is 0 Å². The van der Waals surface area contributed by atoms with Crippen LogP contribution in [0.3, 0.4) is 0 Å². The van der Waals surface area contributed by atoms with E-state index < -0.39 is 10.0 Å². The number of hydrogen-bond acceptors (Lipinski definition) is 4. The van der Waals surface area contributed by atoms with Crippen LogP contribution in [0.15, 0.2) is 17.0 Å². The molecule has 3 rings (SSSR count). The quantitative estimate of drug-likeness (QED) is 0.822. The second kappa shape index (κ2) is 7.64. The van der Waals surface area contributed by atoms with Crippen molar-refractivity contribution >= 4 is 10.0 Å². The lowest BCUT2D eigenvalue weighted by molar-refractivity contribution is 0.111. The monoisotopic (exact) mass is 366 g/mol.